The van der Waals surface area contributed by atoms with Crippen molar-refractivity contribution in [2.45, 2.75) is 25.9 Å². The standard InChI is InChI=1S/C16H21N3/c1-2-7-19(15-10-18-11-15)12-14-9-17-8-13-5-3-4-6-16(13)14/h3-6,8-9,15,18H,2,7,10-12H2,1H3. The molecule has 1 aromatic carbocycles. The van der Waals surface area contributed by atoms with Gasteiger partial charge in [-0.3, -0.25) is 9.88 Å². The van der Waals surface area contributed by atoms with E-state index < -0.39 is 0 Å². The number of hydrogen-bond acceptors (Lipinski definition) is 3. The molecule has 1 aromatic heterocycles. The highest BCUT2D eigenvalue weighted by Gasteiger charge is 2.24. The lowest BCUT2D eigenvalue weighted by Gasteiger charge is -2.38. The highest BCUT2D eigenvalue weighted by Crippen LogP contribution is 2.20. The fraction of sp³-hybridized carbons (Fsp3) is 0.438. The van der Waals surface area contributed by atoms with Crippen molar-refractivity contribution in [2.24, 2.45) is 0 Å². The van der Waals surface area contributed by atoms with Gasteiger partial charge in [-0.15, -0.1) is 0 Å². The molecule has 1 saturated heterocycles. The molecule has 2 aromatic rings. The number of nitrogens with one attached hydrogen (secondary N) is 1. The van der Waals surface area contributed by atoms with Crippen molar-refractivity contribution >= 4 is 10.8 Å². The molecular weight excluding hydrogens is 234 g/mol. The van der Waals surface area contributed by atoms with E-state index in [0.29, 0.717) is 6.04 Å². The fourth-order valence-corrected chi connectivity index (χ4v) is 2.73. The minimum absolute atomic E-state index is 0.693. The third kappa shape index (κ3) is 2.62. The van der Waals surface area contributed by atoms with Gasteiger partial charge < -0.3 is 5.32 Å². The van der Waals surface area contributed by atoms with Crippen molar-refractivity contribution in [2.75, 3.05) is 19.6 Å². The Morgan fingerprint density at radius 1 is 1.26 bits per heavy atom. The molecule has 0 atom stereocenters. The summed E-state index contributed by atoms with van der Waals surface area (Å²) in [5.74, 6) is 0. The Labute approximate surface area is 114 Å². The van der Waals surface area contributed by atoms with Crippen LogP contribution in [-0.2, 0) is 6.54 Å². The number of nitrogens with zero attached hydrogens (tertiary/aromatic N) is 2. The summed E-state index contributed by atoms with van der Waals surface area (Å²) in [4.78, 5) is 6.97. The van der Waals surface area contributed by atoms with Gasteiger partial charge in [0.15, 0.2) is 0 Å². The number of fused-ring (bicyclic) bond motifs is 1. The van der Waals surface area contributed by atoms with E-state index in [-0.39, 0.29) is 0 Å². The second-order valence-corrected chi connectivity index (χ2v) is 5.30. The van der Waals surface area contributed by atoms with E-state index in [1.165, 1.54) is 22.8 Å². The normalized spacial score (nSPS) is 15.9. The maximum absolute atomic E-state index is 4.39. The largest absolute Gasteiger partial charge is 0.314 e. The zero-order valence-electron chi connectivity index (χ0n) is 11.5. The van der Waals surface area contributed by atoms with E-state index in [1.54, 1.807) is 0 Å². The first-order chi connectivity index (χ1) is 9.38. The van der Waals surface area contributed by atoms with Gasteiger partial charge in [-0.1, -0.05) is 31.2 Å². The average Bonchev–Trinajstić information content (AvgIpc) is 2.37. The van der Waals surface area contributed by atoms with Crippen molar-refractivity contribution in [3.8, 4) is 0 Å². The first-order valence-electron chi connectivity index (χ1n) is 7.15. The predicted molar refractivity (Wildman–Crippen MR) is 79.1 cm³/mol. The molecule has 0 aliphatic carbocycles. The zero-order chi connectivity index (χ0) is 13.1. The van der Waals surface area contributed by atoms with Gasteiger partial charge in [-0.25, -0.2) is 0 Å². The molecule has 100 valence electrons. The van der Waals surface area contributed by atoms with Gasteiger partial charge in [0, 0.05) is 43.5 Å². The number of pyridine rings is 1. The topological polar surface area (TPSA) is 28.2 Å². The third-order valence-electron chi connectivity index (χ3n) is 3.91. The van der Waals surface area contributed by atoms with Crippen molar-refractivity contribution in [1.82, 2.24) is 15.2 Å². The van der Waals surface area contributed by atoms with Gasteiger partial charge in [0.05, 0.1) is 0 Å². The third-order valence-corrected chi connectivity index (χ3v) is 3.91. The summed E-state index contributed by atoms with van der Waals surface area (Å²) in [5, 5.41) is 5.94. The molecule has 0 unspecified atom stereocenters. The molecule has 1 aliphatic heterocycles. The van der Waals surface area contributed by atoms with Gasteiger partial charge in [-0.2, -0.15) is 0 Å². The quantitative estimate of drug-likeness (QED) is 0.889. The van der Waals surface area contributed by atoms with Crippen molar-refractivity contribution in [3.63, 3.8) is 0 Å². The number of rotatable bonds is 5. The summed E-state index contributed by atoms with van der Waals surface area (Å²) >= 11 is 0. The van der Waals surface area contributed by atoms with Crippen molar-refractivity contribution in [1.29, 1.82) is 0 Å². The van der Waals surface area contributed by atoms with E-state index >= 15 is 0 Å². The van der Waals surface area contributed by atoms with Gasteiger partial charge >= 0.3 is 0 Å². The van der Waals surface area contributed by atoms with Crippen LogP contribution in [0.5, 0.6) is 0 Å². The van der Waals surface area contributed by atoms with Crippen molar-refractivity contribution < 1.29 is 0 Å². The van der Waals surface area contributed by atoms with Crippen LogP contribution >= 0.6 is 0 Å². The summed E-state index contributed by atoms with van der Waals surface area (Å²) in [6, 6.07) is 9.23. The van der Waals surface area contributed by atoms with Crippen LogP contribution in [0.1, 0.15) is 18.9 Å². The lowest BCUT2D eigenvalue weighted by molar-refractivity contribution is 0.138. The van der Waals surface area contributed by atoms with E-state index in [4.69, 9.17) is 0 Å². The first-order valence-corrected chi connectivity index (χ1v) is 7.15. The summed E-state index contributed by atoms with van der Waals surface area (Å²) in [6.45, 7) is 6.67. The molecule has 0 bridgehead atoms. The number of aromatic nitrogens is 1. The molecule has 19 heavy (non-hydrogen) atoms. The molecule has 0 saturated carbocycles. The summed E-state index contributed by atoms with van der Waals surface area (Å²) in [5.41, 5.74) is 1.35. The second kappa shape index (κ2) is 5.68. The molecule has 2 heterocycles. The minimum atomic E-state index is 0.693. The smallest absolute Gasteiger partial charge is 0.0348 e. The highest BCUT2D eigenvalue weighted by atomic mass is 15.2. The van der Waals surface area contributed by atoms with Crippen LogP contribution in [0, 0.1) is 0 Å². The van der Waals surface area contributed by atoms with Gasteiger partial charge in [0.25, 0.3) is 0 Å². The fourth-order valence-electron chi connectivity index (χ4n) is 2.73. The summed E-state index contributed by atoms with van der Waals surface area (Å²) in [6.07, 6.45) is 5.18. The molecule has 0 radical (unpaired) electrons. The maximum Gasteiger partial charge on any atom is 0.0348 e. The molecule has 1 fully saturated rings. The van der Waals surface area contributed by atoms with Crippen LogP contribution in [0.2, 0.25) is 0 Å². The van der Waals surface area contributed by atoms with Crippen LogP contribution in [0.15, 0.2) is 36.7 Å². The Hall–Kier alpha value is -1.45. The van der Waals surface area contributed by atoms with Gasteiger partial charge in [-0.05, 0) is 23.9 Å². The maximum atomic E-state index is 4.39. The van der Waals surface area contributed by atoms with E-state index in [2.05, 4.69) is 46.4 Å². The zero-order valence-corrected chi connectivity index (χ0v) is 11.5. The molecule has 3 heteroatoms. The second-order valence-electron chi connectivity index (χ2n) is 5.30. The molecule has 3 nitrogen and oxygen atoms in total. The van der Waals surface area contributed by atoms with Crippen LogP contribution in [0.3, 0.4) is 0 Å². The Bertz CT molecular complexity index is 543. The van der Waals surface area contributed by atoms with E-state index in [0.717, 1.165) is 26.2 Å². The van der Waals surface area contributed by atoms with Gasteiger partial charge in [0.2, 0.25) is 0 Å². The lowest BCUT2D eigenvalue weighted by atomic mass is 10.1. The van der Waals surface area contributed by atoms with Crippen molar-refractivity contribution in [3.05, 3.63) is 42.2 Å². The van der Waals surface area contributed by atoms with Crippen LogP contribution in [-0.4, -0.2) is 35.6 Å². The predicted octanol–water partition coefficient (Wildman–Crippen LogP) is 2.42. The highest BCUT2D eigenvalue weighted by molar-refractivity contribution is 5.84. The molecular formula is C16H21N3. The summed E-state index contributed by atoms with van der Waals surface area (Å²) < 4.78 is 0. The van der Waals surface area contributed by atoms with Crippen LogP contribution < -0.4 is 5.32 Å². The molecule has 1 aliphatic rings. The van der Waals surface area contributed by atoms with Crippen LogP contribution in [0.25, 0.3) is 10.8 Å². The minimum Gasteiger partial charge on any atom is -0.314 e. The Morgan fingerprint density at radius 3 is 2.84 bits per heavy atom. The number of benzene rings is 1. The monoisotopic (exact) mass is 255 g/mol. The Balaban J connectivity index is 1.86. The van der Waals surface area contributed by atoms with Crippen LogP contribution in [0.4, 0.5) is 0 Å². The molecule has 0 spiro atoms. The van der Waals surface area contributed by atoms with E-state index in [1.807, 2.05) is 12.4 Å². The Kier molecular flexibility index (Phi) is 3.76. The number of hydrogen-bond donors (Lipinski definition) is 1. The molecule has 1 N–H and O–H groups in total. The molecule has 3 rings (SSSR count). The SMILES string of the molecule is CCCN(Cc1cncc2ccccc12)C1CNC1. The van der Waals surface area contributed by atoms with Gasteiger partial charge in [0.1, 0.15) is 0 Å². The first kappa shape index (κ1) is 12.6. The summed E-state index contributed by atoms with van der Waals surface area (Å²) in [7, 11) is 0. The Morgan fingerprint density at radius 2 is 2.11 bits per heavy atom. The van der Waals surface area contributed by atoms with E-state index in [9.17, 15) is 0 Å². The lowest BCUT2D eigenvalue weighted by Crippen LogP contribution is -2.56. The average molecular weight is 255 g/mol. The molecule has 0 amide bonds.